The van der Waals surface area contributed by atoms with Crippen molar-refractivity contribution in [3.8, 4) is 12.3 Å². The second-order valence-electron chi connectivity index (χ2n) is 4.93. The van der Waals surface area contributed by atoms with Gasteiger partial charge in [0, 0.05) is 17.6 Å². The lowest BCUT2D eigenvalue weighted by atomic mass is 9.97. The molecular weight excluding hydrogens is 318 g/mol. The number of carbonyl (C=O) groups excluding carboxylic acids is 1. The van der Waals surface area contributed by atoms with Crippen molar-refractivity contribution < 1.29 is 9.53 Å². The highest BCUT2D eigenvalue weighted by Crippen LogP contribution is 2.22. The van der Waals surface area contributed by atoms with E-state index in [2.05, 4.69) is 21.9 Å². The number of ether oxygens (including phenoxy) is 1. The van der Waals surface area contributed by atoms with Crippen molar-refractivity contribution >= 4 is 21.8 Å². The maximum Gasteiger partial charge on any atom is 0.254 e. The quantitative estimate of drug-likeness (QED) is 0.625. The van der Waals surface area contributed by atoms with Crippen LogP contribution in [0, 0.1) is 18.3 Å². The van der Waals surface area contributed by atoms with E-state index in [0.717, 1.165) is 36.0 Å². The molecule has 0 bridgehead atoms. The van der Waals surface area contributed by atoms with E-state index < -0.39 is 0 Å². The molecular formula is C16H18BrNO2. The lowest BCUT2D eigenvalue weighted by molar-refractivity contribution is 0.0581. The van der Waals surface area contributed by atoms with Crippen molar-refractivity contribution in [1.29, 1.82) is 0 Å². The number of carbonyl (C=O) groups is 1. The molecule has 20 heavy (non-hydrogen) atoms. The Kier molecular flexibility index (Phi) is 5.63. The molecule has 1 heterocycles. The fraction of sp³-hybridized carbons (Fsp3) is 0.438. The number of hydrogen-bond donors (Lipinski definition) is 0. The second kappa shape index (κ2) is 7.47. The first-order valence-electron chi connectivity index (χ1n) is 6.77. The standard InChI is InChI=1S/C16H18BrNO2/c1-2-11-20-12-13-7-9-18(10-8-13)16(19)14-5-3-4-6-15(14)17/h1,3-6,13H,7-12H2. The molecule has 0 aromatic heterocycles. The van der Waals surface area contributed by atoms with Gasteiger partial charge in [-0.2, -0.15) is 0 Å². The van der Waals surface area contributed by atoms with Crippen molar-refractivity contribution in [3.05, 3.63) is 34.3 Å². The number of hydrogen-bond acceptors (Lipinski definition) is 2. The summed E-state index contributed by atoms with van der Waals surface area (Å²) in [4.78, 5) is 14.3. The van der Waals surface area contributed by atoms with Gasteiger partial charge < -0.3 is 9.64 Å². The predicted molar refractivity (Wildman–Crippen MR) is 82.4 cm³/mol. The van der Waals surface area contributed by atoms with Crippen LogP contribution in [-0.2, 0) is 4.74 Å². The number of rotatable bonds is 4. The Morgan fingerprint density at radius 3 is 2.75 bits per heavy atom. The van der Waals surface area contributed by atoms with E-state index in [1.807, 2.05) is 29.2 Å². The van der Waals surface area contributed by atoms with Crippen molar-refractivity contribution in [1.82, 2.24) is 4.90 Å². The molecule has 1 saturated heterocycles. The molecule has 3 nitrogen and oxygen atoms in total. The summed E-state index contributed by atoms with van der Waals surface area (Å²) in [6.07, 6.45) is 7.10. The van der Waals surface area contributed by atoms with Crippen LogP contribution in [0.5, 0.6) is 0 Å². The van der Waals surface area contributed by atoms with E-state index in [-0.39, 0.29) is 5.91 Å². The molecule has 1 fully saturated rings. The number of terminal acetylenes is 1. The van der Waals surface area contributed by atoms with E-state index in [9.17, 15) is 4.79 Å². The minimum atomic E-state index is 0.0977. The van der Waals surface area contributed by atoms with Gasteiger partial charge in [-0.15, -0.1) is 6.42 Å². The number of benzene rings is 1. The number of amides is 1. The summed E-state index contributed by atoms with van der Waals surface area (Å²) in [6, 6.07) is 7.55. The van der Waals surface area contributed by atoms with Crippen LogP contribution in [0.1, 0.15) is 23.2 Å². The first-order chi connectivity index (χ1) is 9.72. The SMILES string of the molecule is C#CCOCC1CCN(C(=O)c2ccccc2Br)CC1. The summed E-state index contributed by atoms with van der Waals surface area (Å²) in [5.74, 6) is 3.07. The third-order valence-electron chi connectivity index (χ3n) is 3.54. The molecule has 1 amide bonds. The van der Waals surface area contributed by atoms with Crippen LogP contribution in [-0.4, -0.2) is 37.1 Å². The van der Waals surface area contributed by atoms with E-state index in [1.165, 1.54) is 0 Å². The normalized spacial score (nSPS) is 15.9. The lowest BCUT2D eigenvalue weighted by Crippen LogP contribution is -2.39. The summed E-state index contributed by atoms with van der Waals surface area (Å²) in [7, 11) is 0. The zero-order chi connectivity index (χ0) is 14.4. The fourth-order valence-corrected chi connectivity index (χ4v) is 2.85. The van der Waals surface area contributed by atoms with Crippen LogP contribution in [0.15, 0.2) is 28.7 Å². The maximum atomic E-state index is 12.4. The molecule has 0 radical (unpaired) electrons. The first-order valence-corrected chi connectivity index (χ1v) is 7.56. The van der Waals surface area contributed by atoms with Crippen LogP contribution in [0.25, 0.3) is 0 Å². The van der Waals surface area contributed by atoms with Gasteiger partial charge in [-0.3, -0.25) is 4.79 Å². The summed E-state index contributed by atoms with van der Waals surface area (Å²) in [6.45, 7) is 2.63. The Balaban J connectivity index is 1.86. The van der Waals surface area contributed by atoms with E-state index in [4.69, 9.17) is 11.2 Å². The highest BCUT2D eigenvalue weighted by Gasteiger charge is 2.24. The maximum absolute atomic E-state index is 12.4. The van der Waals surface area contributed by atoms with Gasteiger partial charge in [0.25, 0.3) is 5.91 Å². The summed E-state index contributed by atoms with van der Waals surface area (Å²) >= 11 is 3.43. The van der Waals surface area contributed by atoms with E-state index in [1.54, 1.807) is 0 Å². The van der Waals surface area contributed by atoms with Gasteiger partial charge in [-0.25, -0.2) is 0 Å². The molecule has 0 atom stereocenters. The third kappa shape index (κ3) is 3.84. The zero-order valence-corrected chi connectivity index (χ0v) is 12.9. The van der Waals surface area contributed by atoms with Crippen molar-refractivity contribution in [2.45, 2.75) is 12.8 Å². The fourth-order valence-electron chi connectivity index (χ4n) is 2.39. The number of halogens is 1. The molecule has 1 aliphatic heterocycles. The molecule has 0 unspecified atom stereocenters. The van der Waals surface area contributed by atoms with Gasteiger partial charge in [0.05, 0.1) is 12.2 Å². The van der Waals surface area contributed by atoms with Crippen LogP contribution in [0.2, 0.25) is 0 Å². The Morgan fingerprint density at radius 2 is 2.10 bits per heavy atom. The molecule has 0 spiro atoms. The van der Waals surface area contributed by atoms with Gasteiger partial charge in [0.2, 0.25) is 0 Å². The minimum absolute atomic E-state index is 0.0977. The molecule has 106 valence electrons. The molecule has 2 rings (SSSR count). The smallest absolute Gasteiger partial charge is 0.254 e. The van der Waals surface area contributed by atoms with Gasteiger partial charge in [0.1, 0.15) is 6.61 Å². The van der Waals surface area contributed by atoms with E-state index in [0.29, 0.717) is 19.1 Å². The largest absolute Gasteiger partial charge is 0.369 e. The zero-order valence-electron chi connectivity index (χ0n) is 11.3. The molecule has 1 aliphatic rings. The van der Waals surface area contributed by atoms with Crippen LogP contribution >= 0.6 is 15.9 Å². The van der Waals surface area contributed by atoms with Gasteiger partial charge >= 0.3 is 0 Å². The lowest BCUT2D eigenvalue weighted by Gasteiger charge is -2.32. The van der Waals surface area contributed by atoms with Crippen LogP contribution in [0.3, 0.4) is 0 Å². The summed E-state index contributed by atoms with van der Waals surface area (Å²) < 4.78 is 6.23. The molecule has 4 heteroatoms. The predicted octanol–water partition coefficient (Wildman–Crippen LogP) is 2.95. The average molecular weight is 336 g/mol. The molecule has 0 N–H and O–H groups in total. The molecule has 1 aromatic rings. The second-order valence-corrected chi connectivity index (χ2v) is 5.79. The van der Waals surface area contributed by atoms with Gasteiger partial charge in [-0.1, -0.05) is 18.1 Å². The number of likely N-dealkylation sites (tertiary alicyclic amines) is 1. The third-order valence-corrected chi connectivity index (χ3v) is 4.24. The Hall–Kier alpha value is -1.31. The Morgan fingerprint density at radius 1 is 1.40 bits per heavy atom. The molecule has 1 aromatic carbocycles. The highest BCUT2D eigenvalue weighted by molar-refractivity contribution is 9.10. The summed E-state index contributed by atoms with van der Waals surface area (Å²) in [5, 5.41) is 0. The average Bonchev–Trinajstić information content (AvgIpc) is 2.48. The topological polar surface area (TPSA) is 29.5 Å². The van der Waals surface area contributed by atoms with Crippen LogP contribution in [0.4, 0.5) is 0 Å². The van der Waals surface area contributed by atoms with Gasteiger partial charge in [-0.05, 0) is 46.8 Å². The number of piperidine rings is 1. The number of nitrogens with zero attached hydrogens (tertiary/aromatic N) is 1. The minimum Gasteiger partial charge on any atom is -0.369 e. The molecule has 0 saturated carbocycles. The Bertz CT molecular complexity index is 501. The summed E-state index contributed by atoms with van der Waals surface area (Å²) in [5.41, 5.74) is 0.731. The van der Waals surface area contributed by atoms with Crippen molar-refractivity contribution in [3.63, 3.8) is 0 Å². The molecule has 0 aliphatic carbocycles. The van der Waals surface area contributed by atoms with E-state index >= 15 is 0 Å². The van der Waals surface area contributed by atoms with Crippen molar-refractivity contribution in [2.24, 2.45) is 5.92 Å². The monoisotopic (exact) mass is 335 g/mol. The Labute approximate surface area is 128 Å². The van der Waals surface area contributed by atoms with Crippen LogP contribution < -0.4 is 0 Å². The first kappa shape index (κ1) is 15.1. The van der Waals surface area contributed by atoms with Crippen molar-refractivity contribution in [2.75, 3.05) is 26.3 Å². The van der Waals surface area contributed by atoms with Gasteiger partial charge in [0.15, 0.2) is 0 Å². The highest BCUT2D eigenvalue weighted by atomic mass is 79.9.